The molecule has 0 spiro atoms. The zero-order valence-electron chi connectivity index (χ0n) is 11.9. The van der Waals surface area contributed by atoms with Crippen molar-refractivity contribution in [3.8, 4) is 0 Å². The molecular formula is C17H21N3. The normalized spacial score (nSPS) is 18.3. The number of pyridine rings is 1. The fourth-order valence-corrected chi connectivity index (χ4v) is 3.16. The Kier molecular flexibility index (Phi) is 3.81. The fourth-order valence-electron chi connectivity index (χ4n) is 3.16. The van der Waals surface area contributed by atoms with Crippen molar-refractivity contribution in [2.45, 2.75) is 32.0 Å². The molecule has 1 aliphatic heterocycles. The molecule has 0 amide bonds. The second-order valence-electron chi connectivity index (χ2n) is 5.57. The largest absolute Gasteiger partial charge is 0.326 e. The van der Waals surface area contributed by atoms with Crippen molar-refractivity contribution in [1.29, 1.82) is 0 Å². The van der Waals surface area contributed by atoms with Gasteiger partial charge in [-0.3, -0.25) is 9.88 Å². The molecule has 104 valence electrons. The van der Waals surface area contributed by atoms with E-state index in [0.29, 0.717) is 0 Å². The summed E-state index contributed by atoms with van der Waals surface area (Å²) in [7, 11) is 0. The smallest absolute Gasteiger partial charge is 0.0501 e. The summed E-state index contributed by atoms with van der Waals surface area (Å²) in [6.45, 7) is 4.13. The highest BCUT2D eigenvalue weighted by molar-refractivity contribution is 5.30. The molecule has 0 saturated heterocycles. The minimum Gasteiger partial charge on any atom is -0.326 e. The average molecular weight is 267 g/mol. The van der Waals surface area contributed by atoms with Crippen LogP contribution in [0.25, 0.3) is 0 Å². The van der Waals surface area contributed by atoms with Crippen molar-refractivity contribution in [1.82, 2.24) is 9.88 Å². The van der Waals surface area contributed by atoms with Gasteiger partial charge in [-0.05, 0) is 42.2 Å². The lowest BCUT2D eigenvalue weighted by atomic mass is 9.94. The lowest BCUT2D eigenvalue weighted by molar-refractivity contribution is 0.159. The standard InChI is InChI=1S/C17H21N3/c1-13(18)17(15-6-9-19-10-7-15)20-11-8-14-4-2-3-5-16(14)12-20/h2-7,9-10,13,17H,8,11-12,18H2,1H3. The lowest BCUT2D eigenvalue weighted by Crippen LogP contribution is -2.42. The van der Waals surface area contributed by atoms with Gasteiger partial charge in [-0.25, -0.2) is 0 Å². The van der Waals surface area contributed by atoms with Gasteiger partial charge >= 0.3 is 0 Å². The monoisotopic (exact) mass is 267 g/mol. The Morgan fingerprint density at radius 2 is 1.80 bits per heavy atom. The van der Waals surface area contributed by atoms with Crippen LogP contribution < -0.4 is 5.73 Å². The molecule has 2 aromatic rings. The quantitative estimate of drug-likeness (QED) is 0.929. The number of aromatic nitrogens is 1. The van der Waals surface area contributed by atoms with Gasteiger partial charge in [0, 0.05) is 31.5 Å². The number of fused-ring (bicyclic) bond motifs is 1. The van der Waals surface area contributed by atoms with Crippen LogP contribution in [-0.2, 0) is 13.0 Å². The van der Waals surface area contributed by atoms with Gasteiger partial charge in [0.2, 0.25) is 0 Å². The average Bonchev–Trinajstić information content (AvgIpc) is 2.48. The Morgan fingerprint density at radius 3 is 2.50 bits per heavy atom. The summed E-state index contributed by atoms with van der Waals surface area (Å²) >= 11 is 0. The van der Waals surface area contributed by atoms with E-state index >= 15 is 0 Å². The molecule has 20 heavy (non-hydrogen) atoms. The van der Waals surface area contributed by atoms with Crippen LogP contribution in [-0.4, -0.2) is 22.5 Å². The Hall–Kier alpha value is -1.71. The van der Waals surface area contributed by atoms with Crippen LogP contribution in [0.3, 0.4) is 0 Å². The maximum Gasteiger partial charge on any atom is 0.0501 e. The van der Waals surface area contributed by atoms with E-state index in [-0.39, 0.29) is 12.1 Å². The van der Waals surface area contributed by atoms with Crippen molar-refractivity contribution in [2.75, 3.05) is 6.54 Å². The number of benzene rings is 1. The summed E-state index contributed by atoms with van der Waals surface area (Å²) < 4.78 is 0. The Labute approximate surface area is 120 Å². The van der Waals surface area contributed by atoms with Gasteiger partial charge in [0.25, 0.3) is 0 Å². The first-order valence-electron chi connectivity index (χ1n) is 7.22. The molecule has 2 unspecified atom stereocenters. The summed E-state index contributed by atoms with van der Waals surface area (Å²) in [5.74, 6) is 0. The van der Waals surface area contributed by atoms with Crippen LogP contribution in [0.4, 0.5) is 0 Å². The molecule has 0 saturated carbocycles. The van der Waals surface area contributed by atoms with Crippen LogP contribution >= 0.6 is 0 Å². The van der Waals surface area contributed by atoms with E-state index in [1.165, 1.54) is 16.7 Å². The number of hydrogen-bond donors (Lipinski definition) is 1. The maximum absolute atomic E-state index is 6.26. The van der Waals surface area contributed by atoms with Crippen molar-refractivity contribution in [2.24, 2.45) is 5.73 Å². The molecule has 0 radical (unpaired) electrons. The first kappa shape index (κ1) is 13.3. The van der Waals surface area contributed by atoms with E-state index < -0.39 is 0 Å². The molecule has 3 heteroatoms. The molecule has 1 aromatic carbocycles. The van der Waals surface area contributed by atoms with Crippen LogP contribution in [0.1, 0.15) is 29.7 Å². The van der Waals surface area contributed by atoms with E-state index in [4.69, 9.17) is 5.73 Å². The summed E-state index contributed by atoms with van der Waals surface area (Å²) in [6, 6.07) is 13.2. The Bertz CT molecular complexity index is 565. The third kappa shape index (κ3) is 2.60. The van der Waals surface area contributed by atoms with E-state index in [9.17, 15) is 0 Å². The summed E-state index contributed by atoms with van der Waals surface area (Å²) in [5, 5.41) is 0. The fraction of sp³-hybridized carbons (Fsp3) is 0.353. The first-order valence-corrected chi connectivity index (χ1v) is 7.22. The number of nitrogens with zero attached hydrogens (tertiary/aromatic N) is 2. The topological polar surface area (TPSA) is 42.1 Å². The molecule has 0 bridgehead atoms. The molecule has 2 N–H and O–H groups in total. The number of nitrogens with two attached hydrogens (primary N) is 1. The lowest BCUT2D eigenvalue weighted by Gasteiger charge is -2.37. The zero-order chi connectivity index (χ0) is 13.9. The summed E-state index contributed by atoms with van der Waals surface area (Å²) in [4.78, 5) is 6.60. The molecule has 3 rings (SSSR count). The highest BCUT2D eigenvalue weighted by Gasteiger charge is 2.27. The minimum atomic E-state index is 0.0997. The highest BCUT2D eigenvalue weighted by atomic mass is 15.2. The van der Waals surface area contributed by atoms with Gasteiger partial charge in [-0.15, -0.1) is 0 Å². The third-order valence-electron chi connectivity index (χ3n) is 4.10. The van der Waals surface area contributed by atoms with E-state index in [0.717, 1.165) is 19.5 Å². The molecule has 0 fully saturated rings. The third-order valence-corrected chi connectivity index (χ3v) is 4.10. The van der Waals surface area contributed by atoms with Gasteiger partial charge in [0.15, 0.2) is 0 Å². The Morgan fingerprint density at radius 1 is 1.10 bits per heavy atom. The van der Waals surface area contributed by atoms with E-state index in [2.05, 4.69) is 53.2 Å². The van der Waals surface area contributed by atoms with Crippen LogP contribution in [0, 0.1) is 0 Å². The Balaban J connectivity index is 1.87. The molecule has 2 atom stereocenters. The molecule has 0 aliphatic carbocycles. The molecule has 1 aliphatic rings. The van der Waals surface area contributed by atoms with Gasteiger partial charge in [-0.1, -0.05) is 24.3 Å². The second-order valence-corrected chi connectivity index (χ2v) is 5.57. The molecular weight excluding hydrogens is 246 g/mol. The maximum atomic E-state index is 6.26. The van der Waals surface area contributed by atoms with Crippen molar-refractivity contribution in [3.63, 3.8) is 0 Å². The van der Waals surface area contributed by atoms with Gasteiger partial charge in [0.05, 0.1) is 6.04 Å². The van der Waals surface area contributed by atoms with Crippen molar-refractivity contribution in [3.05, 3.63) is 65.5 Å². The molecule has 3 nitrogen and oxygen atoms in total. The second kappa shape index (κ2) is 5.73. The van der Waals surface area contributed by atoms with Gasteiger partial charge in [0.1, 0.15) is 0 Å². The minimum absolute atomic E-state index is 0.0997. The van der Waals surface area contributed by atoms with Crippen LogP contribution in [0.15, 0.2) is 48.8 Å². The molecule has 2 heterocycles. The predicted molar refractivity (Wildman–Crippen MR) is 81.2 cm³/mol. The van der Waals surface area contributed by atoms with Crippen molar-refractivity contribution < 1.29 is 0 Å². The predicted octanol–water partition coefficient (Wildman–Crippen LogP) is 2.53. The number of hydrogen-bond acceptors (Lipinski definition) is 3. The van der Waals surface area contributed by atoms with Gasteiger partial charge < -0.3 is 5.73 Å². The van der Waals surface area contributed by atoms with Crippen molar-refractivity contribution >= 4 is 0 Å². The number of rotatable bonds is 3. The van der Waals surface area contributed by atoms with E-state index in [1.54, 1.807) is 0 Å². The highest BCUT2D eigenvalue weighted by Crippen LogP contribution is 2.29. The van der Waals surface area contributed by atoms with E-state index in [1.807, 2.05) is 12.4 Å². The van der Waals surface area contributed by atoms with Crippen LogP contribution in [0.2, 0.25) is 0 Å². The SMILES string of the molecule is CC(N)C(c1ccncc1)N1CCc2ccccc2C1. The van der Waals surface area contributed by atoms with Crippen LogP contribution in [0.5, 0.6) is 0 Å². The first-order chi connectivity index (χ1) is 9.75. The molecule has 1 aromatic heterocycles. The van der Waals surface area contributed by atoms with Gasteiger partial charge in [-0.2, -0.15) is 0 Å². The zero-order valence-corrected chi connectivity index (χ0v) is 11.9. The summed E-state index contributed by atoms with van der Waals surface area (Å²) in [5.41, 5.74) is 10.4. The summed E-state index contributed by atoms with van der Waals surface area (Å²) in [6.07, 6.45) is 4.80.